The highest BCUT2D eigenvalue weighted by atomic mass is 32.2. The summed E-state index contributed by atoms with van der Waals surface area (Å²) >= 11 is 4.27. The number of aromatic nitrogens is 4. The average molecular weight is 351 g/mol. The number of halogens is 1. The topological polar surface area (TPSA) is 63.6 Å². The maximum Gasteiger partial charge on any atom is 0.210 e. The Balaban J connectivity index is 1.44. The number of hydrogen-bond donors (Lipinski definition) is 1. The monoisotopic (exact) mass is 351 g/mol. The number of rotatable bonds is 5. The summed E-state index contributed by atoms with van der Waals surface area (Å²) in [6.07, 6.45) is 2.39. The number of benzene rings is 1. The first-order valence-corrected chi connectivity index (χ1v) is 9.04. The molecule has 0 amide bonds. The lowest BCUT2D eigenvalue weighted by Crippen LogP contribution is -1.89. The Morgan fingerprint density at radius 3 is 2.95 bits per heavy atom. The van der Waals surface area contributed by atoms with Crippen molar-refractivity contribution >= 4 is 45.5 Å². The van der Waals surface area contributed by atoms with Crippen LogP contribution in [-0.4, -0.2) is 19.6 Å². The molecule has 1 aromatic carbocycles. The largest absolute Gasteiger partial charge is 0.330 e. The van der Waals surface area contributed by atoms with Gasteiger partial charge < -0.3 is 5.32 Å². The van der Waals surface area contributed by atoms with Gasteiger partial charge in [-0.05, 0) is 54.3 Å². The summed E-state index contributed by atoms with van der Waals surface area (Å²) in [4.78, 5) is 4.51. The highest BCUT2D eigenvalue weighted by Gasteiger charge is 2.28. The van der Waals surface area contributed by atoms with E-state index in [4.69, 9.17) is 0 Å². The molecule has 1 aliphatic carbocycles. The lowest BCUT2D eigenvalue weighted by molar-refractivity contribution is 0.628. The molecule has 2 heterocycles. The molecular formula is C13H10FN5S3. The Morgan fingerprint density at radius 2 is 2.14 bits per heavy atom. The smallest absolute Gasteiger partial charge is 0.210 e. The Labute approximate surface area is 138 Å². The van der Waals surface area contributed by atoms with Gasteiger partial charge in [-0.1, -0.05) is 17.4 Å². The minimum absolute atomic E-state index is 0.287. The van der Waals surface area contributed by atoms with Crippen LogP contribution in [0.25, 0.3) is 0 Å². The second kappa shape index (κ2) is 5.90. The average Bonchev–Trinajstić information content (AvgIpc) is 3.10. The quantitative estimate of drug-likeness (QED) is 0.739. The minimum Gasteiger partial charge on any atom is -0.330 e. The summed E-state index contributed by atoms with van der Waals surface area (Å²) < 4.78 is 19.2. The number of anilines is 2. The van der Waals surface area contributed by atoms with Crippen LogP contribution in [0.15, 0.2) is 32.9 Å². The fourth-order valence-electron chi connectivity index (χ4n) is 1.83. The molecule has 3 aromatic rings. The van der Waals surface area contributed by atoms with Crippen LogP contribution < -0.4 is 5.32 Å². The second-order valence-corrected chi connectivity index (χ2v) is 8.03. The van der Waals surface area contributed by atoms with Gasteiger partial charge in [-0.25, -0.2) is 9.37 Å². The molecule has 0 unspecified atom stereocenters. The summed E-state index contributed by atoms with van der Waals surface area (Å²) in [5.41, 5.74) is 0.652. The van der Waals surface area contributed by atoms with Crippen molar-refractivity contribution in [3.63, 3.8) is 0 Å². The molecule has 1 fully saturated rings. The second-order valence-electron chi connectivity index (χ2n) is 4.80. The molecule has 4 rings (SSSR count). The molecule has 2 aromatic heterocycles. The molecule has 0 bridgehead atoms. The number of nitrogens with zero attached hydrogens (tertiary/aromatic N) is 4. The van der Waals surface area contributed by atoms with E-state index < -0.39 is 0 Å². The zero-order valence-electron chi connectivity index (χ0n) is 11.2. The van der Waals surface area contributed by atoms with Crippen LogP contribution in [0.1, 0.15) is 24.6 Å². The third-order valence-corrected chi connectivity index (χ3v) is 5.68. The third-order valence-electron chi connectivity index (χ3n) is 3.02. The van der Waals surface area contributed by atoms with Crippen molar-refractivity contribution in [2.24, 2.45) is 0 Å². The van der Waals surface area contributed by atoms with Crippen LogP contribution in [0.2, 0.25) is 0 Å². The van der Waals surface area contributed by atoms with Gasteiger partial charge in [0, 0.05) is 11.6 Å². The van der Waals surface area contributed by atoms with Gasteiger partial charge in [0.05, 0.1) is 0 Å². The first kappa shape index (κ1) is 14.0. The number of nitrogens with one attached hydrogen (secondary N) is 1. The molecular weight excluding hydrogens is 341 g/mol. The van der Waals surface area contributed by atoms with E-state index in [0.717, 1.165) is 14.5 Å². The van der Waals surface area contributed by atoms with Crippen molar-refractivity contribution in [3.8, 4) is 0 Å². The summed E-state index contributed by atoms with van der Waals surface area (Å²) in [5.74, 6) is 1.23. The van der Waals surface area contributed by atoms with E-state index >= 15 is 0 Å². The van der Waals surface area contributed by atoms with E-state index in [-0.39, 0.29) is 5.82 Å². The molecule has 1 N–H and O–H groups in total. The van der Waals surface area contributed by atoms with Crippen molar-refractivity contribution < 1.29 is 4.39 Å². The fraction of sp³-hybridized carbons (Fsp3) is 0.231. The zero-order chi connectivity index (χ0) is 14.9. The molecule has 1 aliphatic rings. The molecule has 0 radical (unpaired) electrons. The zero-order valence-corrected chi connectivity index (χ0v) is 13.6. The molecule has 0 saturated heterocycles. The predicted molar refractivity (Wildman–Crippen MR) is 85.6 cm³/mol. The Hall–Kier alpha value is -1.58. The lowest BCUT2D eigenvalue weighted by atomic mass is 10.3. The summed E-state index contributed by atoms with van der Waals surface area (Å²) in [5, 5.41) is 11.8. The van der Waals surface area contributed by atoms with E-state index in [1.165, 1.54) is 59.6 Å². The van der Waals surface area contributed by atoms with Crippen molar-refractivity contribution in [2.45, 2.75) is 27.4 Å². The van der Waals surface area contributed by atoms with E-state index in [0.29, 0.717) is 16.7 Å². The summed E-state index contributed by atoms with van der Waals surface area (Å²) in [6, 6.07) is 6.25. The van der Waals surface area contributed by atoms with Crippen LogP contribution >= 0.6 is 34.6 Å². The molecule has 0 aliphatic heterocycles. The molecule has 112 valence electrons. The predicted octanol–water partition coefficient (Wildman–Crippen LogP) is 4.30. The molecule has 0 spiro atoms. The van der Waals surface area contributed by atoms with Gasteiger partial charge in [-0.15, -0.1) is 10.2 Å². The molecule has 5 nitrogen and oxygen atoms in total. The van der Waals surface area contributed by atoms with Crippen LogP contribution in [0, 0.1) is 5.82 Å². The van der Waals surface area contributed by atoms with Gasteiger partial charge in [-0.2, -0.15) is 4.37 Å². The highest BCUT2D eigenvalue weighted by Crippen LogP contribution is 2.41. The van der Waals surface area contributed by atoms with Gasteiger partial charge in [0.1, 0.15) is 11.6 Å². The SMILES string of the molecule is Fc1cccc(Nc2nnc(Sc3nc(C4CC4)ns3)s2)c1. The summed E-state index contributed by atoms with van der Waals surface area (Å²) in [7, 11) is 0. The van der Waals surface area contributed by atoms with Crippen molar-refractivity contribution in [1.29, 1.82) is 0 Å². The van der Waals surface area contributed by atoms with E-state index in [1.54, 1.807) is 12.1 Å². The van der Waals surface area contributed by atoms with E-state index in [2.05, 4.69) is 24.9 Å². The maximum absolute atomic E-state index is 13.1. The van der Waals surface area contributed by atoms with Crippen LogP contribution in [0.4, 0.5) is 15.2 Å². The maximum atomic E-state index is 13.1. The molecule has 9 heteroatoms. The van der Waals surface area contributed by atoms with Crippen molar-refractivity contribution in [1.82, 2.24) is 19.6 Å². The summed E-state index contributed by atoms with van der Waals surface area (Å²) in [6.45, 7) is 0. The van der Waals surface area contributed by atoms with Gasteiger partial charge >= 0.3 is 0 Å². The number of hydrogen-bond acceptors (Lipinski definition) is 8. The van der Waals surface area contributed by atoms with Crippen molar-refractivity contribution in [3.05, 3.63) is 35.9 Å². The minimum atomic E-state index is -0.287. The molecule has 0 atom stereocenters. The third kappa shape index (κ3) is 3.26. The Bertz CT molecular complexity index is 798. The molecule has 1 saturated carbocycles. The van der Waals surface area contributed by atoms with Gasteiger partial charge in [0.2, 0.25) is 5.13 Å². The van der Waals surface area contributed by atoms with Crippen molar-refractivity contribution in [2.75, 3.05) is 5.32 Å². The van der Waals surface area contributed by atoms with Gasteiger partial charge in [0.25, 0.3) is 0 Å². The van der Waals surface area contributed by atoms with Gasteiger partial charge in [0.15, 0.2) is 8.68 Å². The van der Waals surface area contributed by atoms with Crippen LogP contribution in [0.5, 0.6) is 0 Å². The Morgan fingerprint density at radius 1 is 1.23 bits per heavy atom. The van der Waals surface area contributed by atoms with E-state index in [9.17, 15) is 4.39 Å². The Kier molecular flexibility index (Phi) is 3.77. The standard InChI is InChI=1S/C13H10FN5S3/c14-8-2-1-3-9(6-8)15-11-17-18-13(20-11)21-12-16-10(19-22-12)7-4-5-7/h1-3,6-7H,4-5H2,(H,15,17). The van der Waals surface area contributed by atoms with Crippen LogP contribution in [-0.2, 0) is 0 Å². The first-order chi connectivity index (χ1) is 10.8. The lowest BCUT2D eigenvalue weighted by Gasteiger charge is -2.00. The van der Waals surface area contributed by atoms with E-state index in [1.807, 2.05) is 0 Å². The normalized spacial score (nSPS) is 14.2. The van der Waals surface area contributed by atoms with Gasteiger partial charge in [-0.3, -0.25) is 0 Å². The first-order valence-electron chi connectivity index (χ1n) is 6.64. The highest BCUT2D eigenvalue weighted by molar-refractivity contribution is 8.02. The fourth-order valence-corrected chi connectivity index (χ4v) is 4.49. The van der Waals surface area contributed by atoms with Crippen LogP contribution in [0.3, 0.4) is 0 Å². The molecule has 22 heavy (non-hydrogen) atoms.